The van der Waals surface area contributed by atoms with Gasteiger partial charge in [0.2, 0.25) is 0 Å². The molecular formula is C44H30N2. The predicted octanol–water partition coefficient (Wildman–Crippen LogP) is 11.6. The van der Waals surface area contributed by atoms with Crippen molar-refractivity contribution in [3.05, 3.63) is 182 Å². The van der Waals surface area contributed by atoms with Gasteiger partial charge in [0.25, 0.3) is 0 Å². The Labute approximate surface area is 269 Å². The van der Waals surface area contributed by atoms with Crippen LogP contribution in [0.3, 0.4) is 0 Å². The van der Waals surface area contributed by atoms with E-state index in [1.807, 2.05) is 18.5 Å². The molecule has 0 atom stereocenters. The fourth-order valence-corrected chi connectivity index (χ4v) is 6.19. The Bertz CT molecular complexity index is 2290. The van der Waals surface area contributed by atoms with Crippen molar-refractivity contribution in [2.75, 3.05) is 0 Å². The third-order valence-electron chi connectivity index (χ3n) is 8.55. The Kier molecular flexibility index (Phi) is 7.22. The summed E-state index contributed by atoms with van der Waals surface area (Å²) in [5, 5.41) is 1.12. The Morgan fingerprint density at radius 1 is 0.326 bits per heavy atom. The van der Waals surface area contributed by atoms with Crippen molar-refractivity contribution in [3.8, 4) is 66.9 Å². The van der Waals surface area contributed by atoms with Gasteiger partial charge in [0.1, 0.15) is 0 Å². The van der Waals surface area contributed by atoms with Gasteiger partial charge in [-0.25, -0.2) is 4.98 Å². The summed E-state index contributed by atoms with van der Waals surface area (Å²) >= 11 is 0. The largest absolute Gasteiger partial charge is 0.264 e. The molecule has 0 N–H and O–H groups in total. The third kappa shape index (κ3) is 5.49. The van der Waals surface area contributed by atoms with Gasteiger partial charge in [0.15, 0.2) is 0 Å². The van der Waals surface area contributed by atoms with E-state index in [1.54, 1.807) is 0 Å². The zero-order valence-corrected chi connectivity index (χ0v) is 25.2. The zero-order valence-electron chi connectivity index (χ0n) is 25.2. The molecular weight excluding hydrogens is 556 g/mol. The molecule has 0 saturated carbocycles. The molecule has 0 radical (unpaired) electrons. The molecule has 2 nitrogen and oxygen atoms in total. The van der Waals surface area contributed by atoms with Gasteiger partial charge in [0, 0.05) is 28.9 Å². The minimum Gasteiger partial charge on any atom is -0.264 e. The van der Waals surface area contributed by atoms with Crippen LogP contribution in [-0.2, 0) is 0 Å². The number of pyridine rings is 2. The molecule has 2 heteroatoms. The van der Waals surface area contributed by atoms with Crippen LogP contribution < -0.4 is 0 Å². The third-order valence-corrected chi connectivity index (χ3v) is 8.55. The van der Waals surface area contributed by atoms with Crippen molar-refractivity contribution in [2.24, 2.45) is 0 Å². The SMILES string of the molecule is c1ccc(-c2cccc(-c3ccc4nc(-c5cccc(-c6ccccc6)c5)cc(-c5cccc(-c6cccnc6)c5)c4c3)c2)cc1. The van der Waals surface area contributed by atoms with Gasteiger partial charge >= 0.3 is 0 Å². The summed E-state index contributed by atoms with van der Waals surface area (Å²) in [5.41, 5.74) is 14.6. The molecule has 2 heterocycles. The topological polar surface area (TPSA) is 25.8 Å². The van der Waals surface area contributed by atoms with Crippen LogP contribution in [0, 0.1) is 0 Å². The average molecular weight is 587 g/mol. The average Bonchev–Trinajstić information content (AvgIpc) is 3.15. The number of hydrogen-bond acceptors (Lipinski definition) is 2. The predicted molar refractivity (Wildman–Crippen MR) is 192 cm³/mol. The number of hydrogen-bond donors (Lipinski definition) is 0. The molecule has 2 aromatic heterocycles. The summed E-state index contributed by atoms with van der Waals surface area (Å²) in [5.74, 6) is 0. The molecule has 0 aliphatic carbocycles. The molecule has 216 valence electrons. The van der Waals surface area contributed by atoms with Gasteiger partial charge < -0.3 is 0 Å². The summed E-state index contributed by atoms with van der Waals surface area (Å²) in [4.78, 5) is 9.60. The molecule has 0 saturated heterocycles. The number of nitrogens with zero attached hydrogens (tertiary/aromatic N) is 2. The highest BCUT2D eigenvalue weighted by atomic mass is 14.7. The van der Waals surface area contributed by atoms with E-state index in [9.17, 15) is 0 Å². The molecule has 0 fully saturated rings. The first kappa shape index (κ1) is 27.4. The van der Waals surface area contributed by atoms with Gasteiger partial charge in [-0.2, -0.15) is 0 Å². The van der Waals surface area contributed by atoms with Crippen molar-refractivity contribution < 1.29 is 0 Å². The van der Waals surface area contributed by atoms with Crippen molar-refractivity contribution in [1.82, 2.24) is 9.97 Å². The van der Waals surface area contributed by atoms with Gasteiger partial charge in [0.05, 0.1) is 11.2 Å². The monoisotopic (exact) mass is 586 g/mol. The fourth-order valence-electron chi connectivity index (χ4n) is 6.19. The summed E-state index contributed by atoms with van der Waals surface area (Å²) in [6.07, 6.45) is 3.73. The lowest BCUT2D eigenvalue weighted by molar-refractivity contribution is 1.33. The Morgan fingerprint density at radius 2 is 0.826 bits per heavy atom. The molecule has 0 aliphatic rings. The maximum absolute atomic E-state index is 5.24. The van der Waals surface area contributed by atoms with E-state index in [2.05, 4.69) is 169 Å². The summed E-state index contributed by atoms with van der Waals surface area (Å²) in [6.45, 7) is 0. The lowest BCUT2D eigenvalue weighted by Crippen LogP contribution is -1.92. The number of rotatable bonds is 6. The van der Waals surface area contributed by atoms with Crippen molar-refractivity contribution in [3.63, 3.8) is 0 Å². The van der Waals surface area contributed by atoms with Crippen LogP contribution >= 0.6 is 0 Å². The second-order valence-electron chi connectivity index (χ2n) is 11.5. The van der Waals surface area contributed by atoms with E-state index in [4.69, 9.17) is 4.98 Å². The van der Waals surface area contributed by atoms with Crippen LogP contribution in [0.2, 0.25) is 0 Å². The highest BCUT2D eigenvalue weighted by Gasteiger charge is 2.13. The number of fused-ring (bicyclic) bond motifs is 1. The lowest BCUT2D eigenvalue weighted by atomic mass is 9.92. The van der Waals surface area contributed by atoms with Crippen LogP contribution in [0.15, 0.2) is 182 Å². The molecule has 6 aromatic carbocycles. The van der Waals surface area contributed by atoms with E-state index < -0.39 is 0 Å². The van der Waals surface area contributed by atoms with E-state index in [-0.39, 0.29) is 0 Å². The molecule has 8 aromatic rings. The first-order chi connectivity index (χ1) is 22.8. The Balaban J connectivity index is 1.30. The highest BCUT2D eigenvalue weighted by Crippen LogP contribution is 2.37. The van der Waals surface area contributed by atoms with Crippen LogP contribution in [-0.4, -0.2) is 9.97 Å². The highest BCUT2D eigenvalue weighted by molar-refractivity contribution is 6.00. The second kappa shape index (κ2) is 12.1. The first-order valence-corrected chi connectivity index (χ1v) is 15.6. The maximum atomic E-state index is 5.24. The quantitative estimate of drug-likeness (QED) is 0.194. The van der Waals surface area contributed by atoms with E-state index in [1.165, 1.54) is 27.8 Å². The van der Waals surface area contributed by atoms with Crippen molar-refractivity contribution in [2.45, 2.75) is 0 Å². The van der Waals surface area contributed by atoms with Crippen LogP contribution in [0.1, 0.15) is 0 Å². The fraction of sp³-hybridized carbons (Fsp3) is 0. The Hall–Kier alpha value is -6.12. The first-order valence-electron chi connectivity index (χ1n) is 15.6. The molecule has 0 unspecified atom stereocenters. The minimum atomic E-state index is 0.950. The van der Waals surface area contributed by atoms with Crippen molar-refractivity contribution in [1.29, 1.82) is 0 Å². The molecule has 46 heavy (non-hydrogen) atoms. The van der Waals surface area contributed by atoms with E-state index in [0.717, 1.165) is 50.0 Å². The summed E-state index contributed by atoms with van der Waals surface area (Å²) < 4.78 is 0. The van der Waals surface area contributed by atoms with Gasteiger partial charge in [-0.15, -0.1) is 0 Å². The van der Waals surface area contributed by atoms with Crippen LogP contribution in [0.4, 0.5) is 0 Å². The summed E-state index contributed by atoms with van der Waals surface area (Å²) in [7, 11) is 0. The molecule has 0 amide bonds. The zero-order chi connectivity index (χ0) is 30.7. The molecule has 0 bridgehead atoms. The summed E-state index contributed by atoms with van der Waals surface area (Å²) in [6, 6.07) is 60.2. The van der Waals surface area contributed by atoms with Gasteiger partial charge in [-0.1, -0.05) is 127 Å². The van der Waals surface area contributed by atoms with Crippen LogP contribution in [0.5, 0.6) is 0 Å². The van der Waals surface area contributed by atoms with Crippen LogP contribution in [0.25, 0.3) is 77.8 Å². The molecule has 0 spiro atoms. The van der Waals surface area contributed by atoms with Crippen molar-refractivity contribution >= 4 is 10.9 Å². The minimum absolute atomic E-state index is 0.950. The smallest absolute Gasteiger partial charge is 0.0716 e. The van der Waals surface area contributed by atoms with Gasteiger partial charge in [-0.3, -0.25) is 4.98 Å². The van der Waals surface area contributed by atoms with E-state index >= 15 is 0 Å². The number of benzene rings is 6. The molecule has 8 rings (SSSR count). The Morgan fingerprint density at radius 3 is 1.48 bits per heavy atom. The standard InChI is InChI=1S/C44H30N2/c1-3-11-31(12-4-1)33-15-7-17-35(25-33)37-22-23-43-42(28-37)41(38-19-8-18-36(26-38)40-21-10-24-45-30-40)29-44(46-43)39-20-9-16-34(27-39)32-13-5-2-6-14-32/h1-30H. The van der Waals surface area contributed by atoms with Gasteiger partial charge in [-0.05, 0) is 92.5 Å². The van der Waals surface area contributed by atoms with E-state index in [0.29, 0.717) is 0 Å². The molecule has 0 aliphatic heterocycles. The lowest BCUT2D eigenvalue weighted by Gasteiger charge is -2.14. The maximum Gasteiger partial charge on any atom is 0.0716 e. The normalized spacial score (nSPS) is 11.0. The second-order valence-corrected chi connectivity index (χ2v) is 11.5. The number of aromatic nitrogens is 2.